The van der Waals surface area contributed by atoms with Gasteiger partial charge in [-0.2, -0.15) is 0 Å². The van der Waals surface area contributed by atoms with Crippen LogP contribution in [0.2, 0.25) is 0 Å². The van der Waals surface area contributed by atoms with Crippen molar-refractivity contribution < 1.29 is 29.0 Å². The second-order valence-electron chi connectivity index (χ2n) is 9.11. The van der Waals surface area contributed by atoms with Crippen molar-refractivity contribution in [2.45, 2.75) is 63.3 Å². The maximum atomic E-state index is 12.6. The lowest BCUT2D eigenvalue weighted by molar-refractivity contribution is -0.142. The molecule has 1 fully saturated rings. The van der Waals surface area contributed by atoms with E-state index in [1.165, 1.54) is 0 Å². The molecule has 1 saturated heterocycles. The highest BCUT2D eigenvalue weighted by molar-refractivity contribution is 5.98. The van der Waals surface area contributed by atoms with Gasteiger partial charge < -0.3 is 37.3 Å². The molecule has 2 unspecified atom stereocenters. The van der Waals surface area contributed by atoms with Crippen molar-refractivity contribution in [3.63, 3.8) is 0 Å². The van der Waals surface area contributed by atoms with E-state index >= 15 is 0 Å². The molecule has 2 aromatic carbocycles. The van der Waals surface area contributed by atoms with Crippen LogP contribution in [0, 0.1) is 0 Å². The Morgan fingerprint density at radius 1 is 0.900 bits per heavy atom. The van der Waals surface area contributed by atoms with Gasteiger partial charge in [0.2, 0.25) is 5.91 Å². The zero-order chi connectivity index (χ0) is 28.6. The second kappa shape index (κ2) is 18.6. The van der Waals surface area contributed by atoms with E-state index in [2.05, 4.69) is 16.0 Å². The molecule has 12 heteroatoms. The minimum absolute atomic E-state index is 0. The van der Waals surface area contributed by atoms with Gasteiger partial charge in [-0.3, -0.25) is 14.4 Å². The van der Waals surface area contributed by atoms with Crippen molar-refractivity contribution in [2.24, 2.45) is 5.73 Å². The first-order chi connectivity index (χ1) is 18.8. The Bertz CT molecular complexity index is 1060. The van der Waals surface area contributed by atoms with Crippen LogP contribution in [0.5, 0.6) is 0 Å². The normalized spacial score (nSPS) is 16.6. The third-order valence-corrected chi connectivity index (χ3v) is 5.83. The summed E-state index contributed by atoms with van der Waals surface area (Å²) in [4.78, 5) is 48.8. The molecule has 11 nitrogen and oxygen atoms in total. The monoisotopic (exact) mass is 577 g/mol. The van der Waals surface area contributed by atoms with Crippen molar-refractivity contribution in [2.75, 3.05) is 18.8 Å². The number of carboxylic acids is 1. The average Bonchev–Trinajstić information content (AvgIpc) is 3.73. The van der Waals surface area contributed by atoms with Gasteiger partial charge in [0.05, 0.1) is 0 Å². The van der Waals surface area contributed by atoms with E-state index in [-0.39, 0.29) is 31.2 Å². The summed E-state index contributed by atoms with van der Waals surface area (Å²) in [5, 5.41) is 17.1. The van der Waals surface area contributed by atoms with Crippen molar-refractivity contribution in [3.8, 4) is 0 Å². The largest absolute Gasteiger partial charge is 0.480 e. The predicted molar refractivity (Wildman–Crippen MR) is 155 cm³/mol. The number of ether oxygens (including phenoxy) is 1. The van der Waals surface area contributed by atoms with Gasteiger partial charge in [-0.1, -0.05) is 55.5 Å². The first kappa shape index (κ1) is 34.4. The molecule has 0 bridgehead atoms. The fourth-order valence-corrected chi connectivity index (χ4v) is 3.65. The van der Waals surface area contributed by atoms with Gasteiger partial charge in [0.15, 0.2) is 12.2 Å². The molecule has 4 atom stereocenters. The fraction of sp³-hybridized carbons (Fsp3) is 0.429. The lowest BCUT2D eigenvalue weighted by atomic mass is 10.0. The van der Waals surface area contributed by atoms with Gasteiger partial charge in [0.25, 0.3) is 11.8 Å². The number of nitrogens with two attached hydrogens (primary N) is 2. The van der Waals surface area contributed by atoms with Crippen LogP contribution < -0.4 is 27.4 Å². The van der Waals surface area contributed by atoms with Crippen molar-refractivity contribution in [1.29, 1.82) is 0 Å². The second-order valence-corrected chi connectivity index (χ2v) is 9.11. The highest BCUT2D eigenvalue weighted by Gasteiger charge is 2.51. The van der Waals surface area contributed by atoms with Crippen molar-refractivity contribution in [1.82, 2.24) is 16.0 Å². The van der Waals surface area contributed by atoms with Crippen LogP contribution in [0.15, 0.2) is 60.7 Å². The zero-order valence-electron chi connectivity index (χ0n) is 22.6. The topological polar surface area (TPSA) is 189 Å². The Morgan fingerprint density at radius 2 is 1.45 bits per heavy atom. The Kier molecular flexibility index (Phi) is 16.0. The van der Waals surface area contributed by atoms with Crippen molar-refractivity contribution >= 4 is 41.8 Å². The van der Waals surface area contributed by atoms with Crippen LogP contribution >= 0.6 is 12.4 Å². The molecule has 0 radical (unpaired) electrons. The Balaban J connectivity index is 0.000000867. The number of amides is 3. The van der Waals surface area contributed by atoms with Gasteiger partial charge >= 0.3 is 5.97 Å². The predicted octanol–water partition coefficient (Wildman–Crippen LogP) is 1.40. The number of aliphatic carboxylic acids is 1. The number of anilines is 1. The summed E-state index contributed by atoms with van der Waals surface area (Å²) in [6, 6.07) is 16.8. The number of nitrogens with one attached hydrogen (secondary N) is 3. The molecule has 8 N–H and O–H groups in total. The van der Waals surface area contributed by atoms with E-state index in [1.807, 2.05) is 67.6 Å². The Morgan fingerprint density at radius 3 is 1.93 bits per heavy atom. The molecule has 1 aliphatic heterocycles. The minimum atomic E-state index is -1.16. The van der Waals surface area contributed by atoms with Crippen LogP contribution in [0.4, 0.5) is 5.69 Å². The molecule has 1 aliphatic rings. The lowest BCUT2D eigenvalue weighted by Crippen LogP contribution is -2.50. The number of carbonyl (C=O) groups is 4. The highest BCUT2D eigenvalue weighted by atomic mass is 35.5. The summed E-state index contributed by atoms with van der Waals surface area (Å²) in [7, 11) is 0. The SMILES string of the molecule is CCCNC(=O)[C@H](Cc1ccccc1)NC(=O)C1OC1C(=O)N[C@@H](CCCCN)C(=O)O.Cl.Nc1ccccc1. The summed E-state index contributed by atoms with van der Waals surface area (Å²) in [6.07, 6.45) is 0.326. The number of hydrogen-bond acceptors (Lipinski definition) is 7. The molecule has 0 saturated carbocycles. The standard InChI is InChI=1S/C22H32N4O6.C6H7N.ClH/c1-2-12-24-19(27)16(13-14-8-4-3-5-9-14)26-21(29)18-17(32-18)20(28)25-15(22(30)31)10-6-7-11-23;7-6-4-2-1-3-5-6;/h3-5,8-9,15-18H,2,6-7,10-13,23H2,1H3,(H,24,27)(H,25,28)(H,26,29)(H,30,31);1-5H,7H2;1H/t15-,16-,17?,18?;;/m0../s1. The van der Waals surface area contributed by atoms with Gasteiger partial charge in [-0.05, 0) is 49.9 Å². The van der Waals surface area contributed by atoms with Gasteiger partial charge in [0.1, 0.15) is 12.1 Å². The lowest BCUT2D eigenvalue weighted by Gasteiger charge is -2.18. The maximum absolute atomic E-state index is 12.6. The number of benzene rings is 2. The molecule has 0 aliphatic carbocycles. The van der Waals surface area contributed by atoms with Crippen LogP contribution in [0.25, 0.3) is 0 Å². The fourth-order valence-electron chi connectivity index (χ4n) is 3.65. The van der Waals surface area contributed by atoms with E-state index in [4.69, 9.17) is 16.2 Å². The molecular formula is C28H40ClN5O6. The summed E-state index contributed by atoms with van der Waals surface area (Å²) in [6.45, 7) is 2.84. The van der Waals surface area contributed by atoms with Gasteiger partial charge in [-0.15, -0.1) is 12.4 Å². The zero-order valence-corrected chi connectivity index (χ0v) is 23.4. The number of carbonyl (C=O) groups excluding carboxylic acids is 3. The number of carboxylic acid groups (broad SMARTS) is 1. The third-order valence-electron chi connectivity index (χ3n) is 5.83. The van der Waals surface area contributed by atoms with Crippen LogP contribution in [-0.4, -0.2) is 66.2 Å². The Hall–Kier alpha value is -3.67. The number of halogens is 1. The average molecular weight is 578 g/mol. The molecule has 1 heterocycles. The van der Waals surface area contributed by atoms with Gasteiger partial charge in [0, 0.05) is 18.7 Å². The Labute approximate surface area is 240 Å². The molecule has 3 rings (SSSR count). The van der Waals surface area contributed by atoms with E-state index < -0.39 is 42.1 Å². The summed E-state index contributed by atoms with van der Waals surface area (Å²) >= 11 is 0. The van der Waals surface area contributed by atoms with E-state index in [0.29, 0.717) is 25.9 Å². The first-order valence-electron chi connectivity index (χ1n) is 13.1. The smallest absolute Gasteiger partial charge is 0.326 e. The maximum Gasteiger partial charge on any atom is 0.326 e. The molecule has 40 heavy (non-hydrogen) atoms. The quantitative estimate of drug-likeness (QED) is 0.110. The summed E-state index contributed by atoms with van der Waals surface area (Å²) in [5.41, 5.74) is 12.5. The molecule has 220 valence electrons. The van der Waals surface area contributed by atoms with Crippen LogP contribution in [-0.2, 0) is 30.3 Å². The number of epoxide rings is 1. The van der Waals surface area contributed by atoms with E-state index in [9.17, 15) is 24.3 Å². The number of nitrogen functional groups attached to an aromatic ring is 1. The van der Waals surface area contributed by atoms with E-state index in [0.717, 1.165) is 17.7 Å². The third kappa shape index (κ3) is 12.5. The number of para-hydroxylation sites is 1. The van der Waals surface area contributed by atoms with Crippen LogP contribution in [0.1, 0.15) is 38.2 Å². The number of unbranched alkanes of at least 4 members (excludes halogenated alkanes) is 1. The summed E-state index contributed by atoms with van der Waals surface area (Å²) in [5.74, 6) is -2.74. The van der Waals surface area contributed by atoms with E-state index in [1.54, 1.807) is 0 Å². The number of rotatable bonds is 14. The molecular weight excluding hydrogens is 538 g/mol. The number of hydrogen-bond donors (Lipinski definition) is 6. The van der Waals surface area contributed by atoms with Crippen molar-refractivity contribution in [3.05, 3.63) is 66.2 Å². The minimum Gasteiger partial charge on any atom is -0.480 e. The molecule has 2 aromatic rings. The summed E-state index contributed by atoms with van der Waals surface area (Å²) < 4.78 is 5.19. The molecule has 3 amide bonds. The first-order valence-corrected chi connectivity index (χ1v) is 13.1. The van der Waals surface area contributed by atoms with Crippen LogP contribution in [0.3, 0.4) is 0 Å². The molecule has 0 aromatic heterocycles. The van der Waals surface area contributed by atoms with Gasteiger partial charge in [-0.25, -0.2) is 4.79 Å². The highest BCUT2D eigenvalue weighted by Crippen LogP contribution is 2.23. The molecule has 0 spiro atoms.